The number of nitrogens with zero attached hydrogens (tertiary/aromatic N) is 2. The van der Waals surface area contributed by atoms with Gasteiger partial charge < -0.3 is 19.0 Å². The highest BCUT2D eigenvalue weighted by atomic mass is 16.7. The number of hydrogen-bond acceptors (Lipinski definition) is 6. The smallest absolute Gasteiger partial charge is 0.403 e. The van der Waals surface area contributed by atoms with Crippen LogP contribution in [-0.4, -0.2) is 34.6 Å². The molecule has 0 unspecified atom stereocenters. The Morgan fingerprint density at radius 3 is 2.44 bits per heavy atom. The molecule has 0 bridgehead atoms. The van der Waals surface area contributed by atoms with Gasteiger partial charge in [0.25, 0.3) is 0 Å². The third-order valence-corrected chi connectivity index (χ3v) is 5.55. The van der Waals surface area contributed by atoms with Crippen molar-refractivity contribution in [2.75, 3.05) is 5.32 Å². The highest BCUT2D eigenvalue weighted by Gasteiger charge is 2.53. The molecule has 0 atom stereocenters. The Bertz CT molecular complexity index is 886. The fourth-order valence-corrected chi connectivity index (χ4v) is 3.32. The summed E-state index contributed by atoms with van der Waals surface area (Å²) in [6.45, 7) is 12.3. The second-order valence-electron chi connectivity index (χ2n) is 8.54. The number of rotatable bonds is 4. The molecule has 6 nitrogen and oxygen atoms in total. The van der Waals surface area contributed by atoms with Crippen molar-refractivity contribution in [3.8, 4) is 11.5 Å². The number of benzene rings is 1. The third-order valence-electron chi connectivity index (χ3n) is 5.55. The van der Waals surface area contributed by atoms with Crippen LogP contribution < -0.4 is 5.32 Å². The predicted octanol–water partition coefficient (Wildman–Crippen LogP) is 4.13. The lowest BCUT2D eigenvalue weighted by Gasteiger charge is -2.32. The van der Waals surface area contributed by atoms with E-state index in [0.717, 1.165) is 23.0 Å². The summed E-state index contributed by atoms with van der Waals surface area (Å²) < 4.78 is 18.2. The molecule has 0 saturated carbocycles. The third kappa shape index (κ3) is 3.19. The molecule has 2 aliphatic rings. The number of fused-ring (bicyclic) bond motifs is 1. The molecule has 1 aromatic heterocycles. The summed E-state index contributed by atoms with van der Waals surface area (Å²) in [6, 6.07) is 6.89. The average molecular weight is 367 g/mol. The summed E-state index contributed by atoms with van der Waals surface area (Å²) in [6.07, 6.45) is 3.06. The molecule has 1 fully saturated rings. The predicted molar refractivity (Wildman–Crippen MR) is 106 cm³/mol. The summed E-state index contributed by atoms with van der Waals surface area (Å²) in [7, 11) is -0.368. The molecule has 1 aliphatic heterocycles. The highest BCUT2D eigenvalue weighted by Crippen LogP contribution is 2.43. The average Bonchev–Trinajstić information content (AvgIpc) is 3.23. The molecule has 1 aromatic carbocycles. The minimum atomic E-state index is -0.368. The SMILES string of the molecule is CC(C)Nc1nnc(-c2ccc3c(c2)C(B2OC(C)(C)C(C)(C)O2)=CC3)o1. The molecule has 4 rings (SSSR count). The number of aromatic nitrogens is 2. The van der Waals surface area contributed by atoms with Gasteiger partial charge in [-0.15, -0.1) is 5.10 Å². The fraction of sp³-hybridized carbons (Fsp3) is 0.500. The summed E-state index contributed by atoms with van der Waals surface area (Å²) in [5.74, 6) is 0.501. The Balaban J connectivity index is 1.62. The first-order valence-corrected chi connectivity index (χ1v) is 9.46. The monoisotopic (exact) mass is 367 g/mol. The first kappa shape index (κ1) is 18.3. The molecular formula is C20H26BN3O3. The van der Waals surface area contributed by atoms with E-state index in [1.165, 1.54) is 5.56 Å². The van der Waals surface area contributed by atoms with Crippen molar-refractivity contribution in [3.63, 3.8) is 0 Å². The van der Waals surface area contributed by atoms with Crippen LogP contribution in [0.4, 0.5) is 6.01 Å². The van der Waals surface area contributed by atoms with Gasteiger partial charge in [0.1, 0.15) is 0 Å². The van der Waals surface area contributed by atoms with Crippen molar-refractivity contribution in [1.82, 2.24) is 10.2 Å². The van der Waals surface area contributed by atoms with Crippen LogP contribution in [0.5, 0.6) is 0 Å². The van der Waals surface area contributed by atoms with Crippen LogP contribution in [0.25, 0.3) is 16.9 Å². The standard InChI is InChI=1S/C20H26BN3O3/c1-12(2)22-18-24-23-17(25-18)14-8-7-13-9-10-16(15(13)11-14)21-26-19(3,4)20(5,6)27-21/h7-8,10-12H,9H2,1-6H3,(H,22,24). The summed E-state index contributed by atoms with van der Waals surface area (Å²) >= 11 is 0. The number of hydrogen-bond donors (Lipinski definition) is 1. The molecule has 1 N–H and O–H groups in total. The molecule has 0 radical (unpaired) electrons. The summed E-state index contributed by atoms with van der Waals surface area (Å²) in [5, 5.41) is 11.4. The topological polar surface area (TPSA) is 69.4 Å². The maximum atomic E-state index is 6.25. The number of allylic oxidation sites excluding steroid dienone is 1. The molecule has 2 heterocycles. The van der Waals surface area contributed by atoms with Crippen molar-refractivity contribution in [1.29, 1.82) is 0 Å². The van der Waals surface area contributed by atoms with Crippen molar-refractivity contribution < 1.29 is 13.7 Å². The van der Waals surface area contributed by atoms with Crippen LogP contribution in [-0.2, 0) is 15.7 Å². The van der Waals surface area contributed by atoms with Crippen LogP contribution >= 0.6 is 0 Å². The van der Waals surface area contributed by atoms with E-state index in [2.05, 4.69) is 61.4 Å². The largest absolute Gasteiger partial charge is 0.495 e. The van der Waals surface area contributed by atoms with Gasteiger partial charge in [0.05, 0.1) is 11.2 Å². The fourth-order valence-electron chi connectivity index (χ4n) is 3.32. The lowest BCUT2D eigenvalue weighted by atomic mass is 9.75. The van der Waals surface area contributed by atoms with Gasteiger partial charge in [-0.3, -0.25) is 0 Å². The quantitative estimate of drug-likeness (QED) is 0.820. The van der Waals surface area contributed by atoms with E-state index < -0.39 is 0 Å². The van der Waals surface area contributed by atoms with Crippen LogP contribution in [0, 0.1) is 0 Å². The minimum Gasteiger partial charge on any atom is -0.403 e. The first-order valence-electron chi connectivity index (χ1n) is 9.46. The van der Waals surface area contributed by atoms with Gasteiger partial charge in [0.15, 0.2) is 0 Å². The number of nitrogens with one attached hydrogen (secondary N) is 1. The molecule has 0 spiro atoms. The zero-order chi connectivity index (χ0) is 19.4. The maximum absolute atomic E-state index is 6.25. The van der Waals surface area contributed by atoms with Crippen molar-refractivity contribution in [3.05, 3.63) is 35.4 Å². The van der Waals surface area contributed by atoms with Gasteiger partial charge in [-0.1, -0.05) is 17.2 Å². The Kier molecular flexibility index (Phi) is 4.20. The van der Waals surface area contributed by atoms with E-state index in [1.54, 1.807) is 0 Å². The molecule has 2 aromatic rings. The Morgan fingerprint density at radius 1 is 1.07 bits per heavy atom. The van der Waals surface area contributed by atoms with Crippen LogP contribution in [0.2, 0.25) is 0 Å². The van der Waals surface area contributed by atoms with Gasteiger partial charge in [-0.05, 0) is 76.7 Å². The van der Waals surface area contributed by atoms with E-state index in [4.69, 9.17) is 13.7 Å². The van der Waals surface area contributed by atoms with Gasteiger partial charge in [0, 0.05) is 11.6 Å². The molecule has 0 amide bonds. The zero-order valence-corrected chi connectivity index (χ0v) is 16.8. The van der Waals surface area contributed by atoms with Crippen molar-refractivity contribution >= 4 is 18.6 Å². The van der Waals surface area contributed by atoms with E-state index in [-0.39, 0.29) is 24.4 Å². The van der Waals surface area contributed by atoms with Gasteiger partial charge >= 0.3 is 13.1 Å². The van der Waals surface area contributed by atoms with E-state index >= 15 is 0 Å². The zero-order valence-electron chi connectivity index (χ0n) is 16.8. The molecule has 7 heteroatoms. The molecule has 1 saturated heterocycles. The second-order valence-corrected chi connectivity index (χ2v) is 8.54. The summed E-state index contributed by atoms with van der Waals surface area (Å²) in [5.41, 5.74) is 3.63. The van der Waals surface area contributed by atoms with Crippen LogP contribution in [0.3, 0.4) is 0 Å². The Morgan fingerprint density at radius 2 is 1.78 bits per heavy atom. The molecular weight excluding hydrogens is 341 g/mol. The van der Waals surface area contributed by atoms with E-state index in [0.29, 0.717) is 11.9 Å². The molecule has 27 heavy (non-hydrogen) atoms. The van der Waals surface area contributed by atoms with Gasteiger partial charge in [0.2, 0.25) is 5.89 Å². The van der Waals surface area contributed by atoms with Crippen molar-refractivity contribution in [2.24, 2.45) is 0 Å². The van der Waals surface area contributed by atoms with E-state index in [9.17, 15) is 0 Å². The van der Waals surface area contributed by atoms with Gasteiger partial charge in [-0.25, -0.2) is 0 Å². The highest BCUT2D eigenvalue weighted by molar-refractivity contribution is 6.69. The molecule has 1 aliphatic carbocycles. The second kappa shape index (κ2) is 6.21. The van der Waals surface area contributed by atoms with Crippen molar-refractivity contribution in [2.45, 2.75) is 65.2 Å². The van der Waals surface area contributed by atoms with Crippen LogP contribution in [0.15, 0.2) is 28.7 Å². The Hall–Kier alpha value is -2.12. The summed E-state index contributed by atoms with van der Waals surface area (Å²) in [4.78, 5) is 0. The van der Waals surface area contributed by atoms with E-state index in [1.807, 2.05) is 19.9 Å². The first-order chi connectivity index (χ1) is 12.7. The lowest BCUT2D eigenvalue weighted by molar-refractivity contribution is 0.00578. The normalized spacial score (nSPS) is 20.1. The number of anilines is 1. The van der Waals surface area contributed by atoms with Gasteiger partial charge in [-0.2, -0.15) is 0 Å². The van der Waals surface area contributed by atoms with Crippen LogP contribution in [0.1, 0.15) is 52.7 Å². The Labute approximate surface area is 160 Å². The minimum absolute atomic E-state index is 0.233. The molecule has 142 valence electrons. The maximum Gasteiger partial charge on any atom is 0.495 e. The lowest BCUT2D eigenvalue weighted by Crippen LogP contribution is -2.41.